The van der Waals surface area contributed by atoms with Gasteiger partial charge in [-0.3, -0.25) is 14.6 Å². The summed E-state index contributed by atoms with van der Waals surface area (Å²) in [5, 5.41) is 6.28. The van der Waals surface area contributed by atoms with Gasteiger partial charge in [0.1, 0.15) is 0 Å². The first-order valence-corrected chi connectivity index (χ1v) is 9.97. The van der Waals surface area contributed by atoms with Crippen LogP contribution in [0.25, 0.3) is 0 Å². The molecule has 3 heterocycles. The predicted molar refractivity (Wildman–Crippen MR) is 123 cm³/mol. The van der Waals surface area contributed by atoms with Gasteiger partial charge in [-0.05, 0) is 74.5 Å². The number of nitrogens with one attached hydrogen (secondary N) is 2. The summed E-state index contributed by atoms with van der Waals surface area (Å²) in [6, 6.07) is 10.6. The number of likely N-dealkylation sites (tertiary alicyclic amines) is 1. The van der Waals surface area contributed by atoms with Crippen LogP contribution in [0, 0.1) is 5.41 Å². The maximum absolute atomic E-state index is 13.0. The second-order valence-corrected chi connectivity index (χ2v) is 7.82. The second-order valence-electron chi connectivity index (χ2n) is 7.82. The van der Waals surface area contributed by atoms with E-state index in [1.54, 1.807) is 30.5 Å². The number of amides is 2. The van der Waals surface area contributed by atoms with Crippen LogP contribution in [-0.2, 0) is 0 Å². The standard InChI is InChI=1S/C22H26N4O2.2ClH/c27-20(18-4-2-10-24-16-18)25-19-5-1-3-17(15-19)21(28)26-13-8-22(9-14-26)6-11-23-12-7-22;;/h1-5,10,15-16,23H,6-9,11-14H2,(H,25,27);2*1H. The molecule has 162 valence electrons. The maximum Gasteiger partial charge on any atom is 0.257 e. The minimum atomic E-state index is -0.233. The van der Waals surface area contributed by atoms with Gasteiger partial charge >= 0.3 is 0 Å². The molecule has 4 rings (SSSR count). The molecule has 2 saturated heterocycles. The van der Waals surface area contributed by atoms with Crippen molar-refractivity contribution >= 4 is 42.3 Å². The van der Waals surface area contributed by atoms with Gasteiger partial charge in [0.15, 0.2) is 0 Å². The molecule has 2 fully saturated rings. The highest BCUT2D eigenvalue weighted by Crippen LogP contribution is 2.39. The summed E-state index contributed by atoms with van der Waals surface area (Å²) < 4.78 is 0. The van der Waals surface area contributed by atoms with E-state index in [-0.39, 0.29) is 36.6 Å². The first-order valence-electron chi connectivity index (χ1n) is 9.97. The van der Waals surface area contributed by atoms with Crippen molar-refractivity contribution in [3.05, 3.63) is 59.9 Å². The molecule has 0 bridgehead atoms. The van der Waals surface area contributed by atoms with Crippen molar-refractivity contribution in [2.75, 3.05) is 31.5 Å². The van der Waals surface area contributed by atoms with Gasteiger partial charge in [-0.25, -0.2) is 0 Å². The maximum atomic E-state index is 13.0. The van der Waals surface area contributed by atoms with Crippen molar-refractivity contribution in [3.63, 3.8) is 0 Å². The fourth-order valence-corrected chi connectivity index (χ4v) is 4.25. The third-order valence-corrected chi connectivity index (χ3v) is 6.07. The average molecular weight is 451 g/mol. The molecular weight excluding hydrogens is 423 g/mol. The molecule has 0 saturated carbocycles. The molecule has 0 atom stereocenters. The van der Waals surface area contributed by atoms with Crippen LogP contribution in [0.2, 0.25) is 0 Å². The summed E-state index contributed by atoms with van der Waals surface area (Å²) >= 11 is 0. The van der Waals surface area contributed by atoms with Crippen LogP contribution in [0.5, 0.6) is 0 Å². The fraction of sp³-hybridized carbons (Fsp3) is 0.409. The van der Waals surface area contributed by atoms with Gasteiger partial charge in [0.25, 0.3) is 11.8 Å². The summed E-state index contributed by atoms with van der Waals surface area (Å²) in [6.45, 7) is 3.80. The summed E-state index contributed by atoms with van der Waals surface area (Å²) in [6.07, 6.45) is 7.74. The molecule has 1 spiro atoms. The van der Waals surface area contributed by atoms with Gasteiger partial charge in [0, 0.05) is 36.7 Å². The van der Waals surface area contributed by atoms with Crippen molar-refractivity contribution in [2.24, 2.45) is 5.41 Å². The van der Waals surface area contributed by atoms with Crippen LogP contribution < -0.4 is 10.6 Å². The third-order valence-electron chi connectivity index (χ3n) is 6.07. The zero-order chi connectivity index (χ0) is 19.4. The quantitative estimate of drug-likeness (QED) is 0.745. The fourth-order valence-electron chi connectivity index (χ4n) is 4.25. The van der Waals surface area contributed by atoms with Gasteiger partial charge < -0.3 is 15.5 Å². The molecule has 2 amide bonds. The van der Waals surface area contributed by atoms with E-state index in [9.17, 15) is 9.59 Å². The van der Waals surface area contributed by atoms with Crippen LogP contribution in [0.3, 0.4) is 0 Å². The minimum absolute atomic E-state index is 0. The minimum Gasteiger partial charge on any atom is -0.339 e. The zero-order valence-electron chi connectivity index (χ0n) is 16.8. The molecule has 2 aromatic rings. The Kier molecular flexibility index (Phi) is 8.65. The van der Waals surface area contributed by atoms with Crippen LogP contribution in [0.15, 0.2) is 48.8 Å². The van der Waals surface area contributed by atoms with Gasteiger partial charge in [0.05, 0.1) is 5.56 Å². The lowest BCUT2D eigenvalue weighted by molar-refractivity contribution is 0.0495. The lowest BCUT2D eigenvalue weighted by Crippen LogP contribution is -2.47. The van der Waals surface area contributed by atoms with E-state index in [0.717, 1.165) is 39.0 Å². The number of carbonyl (C=O) groups excluding carboxylic acids is 2. The number of pyridine rings is 1. The Bertz CT molecular complexity index is 847. The molecule has 0 radical (unpaired) electrons. The Hall–Kier alpha value is -2.15. The lowest BCUT2D eigenvalue weighted by Gasteiger charge is -2.44. The first kappa shape index (κ1) is 24.1. The number of benzene rings is 1. The molecule has 1 aromatic heterocycles. The Morgan fingerprint density at radius 3 is 2.33 bits per heavy atom. The smallest absolute Gasteiger partial charge is 0.257 e. The predicted octanol–water partition coefficient (Wildman–Crippen LogP) is 3.78. The summed E-state index contributed by atoms with van der Waals surface area (Å²) in [7, 11) is 0. The Morgan fingerprint density at radius 1 is 0.967 bits per heavy atom. The van der Waals surface area contributed by atoms with Crippen molar-refractivity contribution < 1.29 is 9.59 Å². The second kappa shape index (κ2) is 10.8. The number of rotatable bonds is 3. The summed E-state index contributed by atoms with van der Waals surface area (Å²) in [5.74, 6) is -0.190. The van der Waals surface area contributed by atoms with Crippen molar-refractivity contribution in [1.82, 2.24) is 15.2 Å². The Morgan fingerprint density at radius 2 is 1.67 bits per heavy atom. The molecule has 2 aliphatic heterocycles. The number of halogens is 2. The Balaban J connectivity index is 0.00000160. The van der Waals surface area contributed by atoms with Gasteiger partial charge in [-0.15, -0.1) is 24.8 Å². The highest BCUT2D eigenvalue weighted by Gasteiger charge is 2.36. The number of carbonyl (C=O) groups is 2. The highest BCUT2D eigenvalue weighted by atomic mass is 35.5. The molecule has 2 aliphatic rings. The zero-order valence-corrected chi connectivity index (χ0v) is 18.4. The molecule has 2 N–H and O–H groups in total. The Labute approximate surface area is 189 Å². The van der Waals surface area contributed by atoms with E-state index >= 15 is 0 Å². The molecule has 8 heteroatoms. The molecule has 30 heavy (non-hydrogen) atoms. The third kappa shape index (κ3) is 5.50. The van der Waals surface area contributed by atoms with Crippen LogP contribution >= 0.6 is 24.8 Å². The molecule has 0 aliphatic carbocycles. The van der Waals surface area contributed by atoms with E-state index in [1.807, 2.05) is 17.0 Å². The van der Waals surface area contributed by atoms with E-state index in [0.29, 0.717) is 22.2 Å². The first-order chi connectivity index (χ1) is 13.7. The van der Waals surface area contributed by atoms with Crippen molar-refractivity contribution in [2.45, 2.75) is 25.7 Å². The highest BCUT2D eigenvalue weighted by molar-refractivity contribution is 6.04. The summed E-state index contributed by atoms with van der Waals surface area (Å²) in [5.41, 5.74) is 2.14. The van der Waals surface area contributed by atoms with Crippen LogP contribution in [-0.4, -0.2) is 47.9 Å². The molecule has 1 aromatic carbocycles. The number of aromatic nitrogens is 1. The van der Waals surface area contributed by atoms with E-state index < -0.39 is 0 Å². The van der Waals surface area contributed by atoms with E-state index in [4.69, 9.17) is 0 Å². The van der Waals surface area contributed by atoms with Crippen molar-refractivity contribution in [3.8, 4) is 0 Å². The average Bonchev–Trinajstić information content (AvgIpc) is 2.75. The topological polar surface area (TPSA) is 74.3 Å². The normalized spacial score (nSPS) is 17.4. The number of hydrogen-bond donors (Lipinski definition) is 2. The van der Waals surface area contributed by atoms with Crippen LogP contribution in [0.1, 0.15) is 46.4 Å². The van der Waals surface area contributed by atoms with Gasteiger partial charge in [-0.2, -0.15) is 0 Å². The van der Waals surface area contributed by atoms with Gasteiger partial charge in [0.2, 0.25) is 0 Å². The number of hydrogen-bond acceptors (Lipinski definition) is 4. The SMILES string of the molecule is Cl.Cl.O=C(Nc1cccc(C(=O)N2CCC3(CCNCC3)CC2)c1)c1cccnc1. The molecule has 6 nitrogen and oxygen atoms in total. The van der Waals surface area contributed by atoms with Crippen LogP contribution in [0.4, 0.5) is 5.69 Å². The molecule has 0 unspecified atom stereocenters. The van der Waals surface area contributed by atoms with E-state index in [2.05, 4.69) is 15.6 Å². The van der Waals surface area contributed by atoms with Gasteiger partial charge in [-0.1, -0.05) is 6.07 Å². The molecular formula is C22H28Cl2N4O2. The number of piperidine rings is 2. The number of nitrogens with zero attached hydrogens (tertiary/aromatic N) is 2. The van der Waals surface area contributed by atoms with E-state index in [1.165, 1.54) is 19.0 Å². The monoisotopic (exact) mass is 450 g/mol. The number of anilines is 1. The lowest BCUT2D eigenvalue weighted by atomic mass is 9.71. The van der Waals surface area contributed by atoms with Crippen molar-refractivity contribution in [1.29, 1.82) is 0 Å². The summed E-state index contributed by atoms with van der Waals surface area (Å²) in [4.78, 5) is 31.2. The largest absolute Gasteiger partial charge is 0.339 e.